The molecule has 2 aliphatic carbocycles. The highest BCUT2D eigenvalue weighted by Gasteiger charge is 2.54. The zero-order valence-corrected chi connectivity index (χ0v) is 16.5. The first-order chi connectivity index (χ1) is 11.2. The van der Waals surface area contributed by atoms with Gasteiger partial charge in [0.15, 0.2) is 0 Å². The molecule has 2 saturated carbocycles. The Bertz CT molecular complexity index is 372. The van der Waals surface area contributed by atoms with E-state index in [1.165, 1.54) is 38.5 Å². The van der Waals surface area contributed by atoms with Gasteiger partial charge in [0.25, 0.3) is 0 Å². The molecule has 5 unspecified atom stereocenters. The lowest BCUT2D eigenvalue weighted by molar-refractivity contribution is -0.141. The van der Waals surface area contributed by atoms with E-state index in [1.54, 1.807) is 0 Å². The molecule has 0 radical (unpaired) electrons. The van der Waals surface area contributed by atoms with Gasteiger partial charge in [0, 0.05) is 36.7 Å². The van der Waals surface area contributed by atoms with Crippen LogP contribution in [0.5, 0.6) is 0 Å². The zero-order chi connectivity index (χ0) is 16.3. The number of ether oxygens (including phenoxy) is 2. The summed E-state index contributed by atoms with van der Waals surface area (Å²) >= 11 is 0. The van der Waals surface area contributed by atoms with Crippen molar-refractivity contribution in [3.63, 3.8) is 0 Å². The molecule has 5 heteroatoms. The van der Waals surface area contributed by atoms with Crippen molar-refractivity contribution in [3.8, 4) is 0 Å². The van der Waals surface area contributed by atoms with E-state index in [2.05, 4.69) is 31.4 Å². The molecule has 5 atom stereocenters. The maximum atomic E-state index is 6.04. The third kappa shape index (κ3) is 3.78. The molecule has 0 amide bonds. The van der Waals surface area contributed by atoms with Crippen LogP contribution < -0.4 is 10.6 Å². The Morgan fingerprint density at radius 1 is 1.21 bits per heavy atom. The van der Waals surface area contributed by atoms with E-state index in [0.717, 1.165) is 32.3 Å². The lowest BCUT2D eigenvalue weighted by Crippen LogP contribution is -2.66. The smallest absolute Gasteiger partial charge is 0.0660 e. The van der Waals surface area contributed by atoms with E-state index in [4.69, 9.17) is 9.47 Å². The van der Waals surface area contributed by atoms with Crippen molar-refractivity contribution in [2.45, 2.75) is 83.5 Å². The Kier molecular flexibility index (Phi) is 7.82. The van der Waals surface area contributed by atoms with Crippen LogP contribution in [0.25, 0.3) is 0 Å². The predicted molar refractivity (Wildman–Crippen MR) is 101 cm³/mol. The van der Waals surface area contributed by atoms with Crippen LogP contribution >= 0.6 is 12.4 Å². The molecule has 1 saturated heterocycles. The molecule has 4 nitrogen and oxygen atoms in total. The topological polar surface area (TPSA) is 42.5 Å². The Morgan fingerprint density at radius 3 is 2.62 bits per heavy atom. The lowest BCUT2D eigenvalue weighted by Gasteiger charge is -2.57. The van der Waals surface area contributed by atoms with E-state index in [0.29, 0.717) is 29.6 Å². The summed E-state index contributed by atoms with van der Waals surface area (Å²) in [5.41, 5.74) is 0.347. The number of rotatable bonds is 7. The van der Waals surface area contributed by atoms with Gasteiger partial charge in [0.2, 0.25) is 0 Å². The van der Waals surface area contributed by atoms with Crippen LogP contribution in [0.15, 0.2) is 0 Å². The molecule has 0 aromatic carbocycles. The Hall–Kier alpha value is 0.130. The first kappa shape index (κ1) is 20.4. The summed E-state index contributed by atoms with van der Waals surface area (Å²) in [5, 5.41) is 7.76. The monoisotopic (exact) mass is 360 g/mol. The van der Waals surface area contributed by atoms with Crippen LogP contribution in [-0.2, 0) is 9.47 Å². The Labute approximate surface area is 154 Å². The third-order valence-corrected chi connectivity index (χ3v) is 6.92. The average Bonchev–Trinajstić information content (AvgIpc) is 3.04. The van der Waals surface area contributed by atoms with Gasteiger partial charge in [-0.1, -0.05) is 20.3 Å². The van der Waals surface area contributed by atoms with Crippen molar-refractivity contribution in [1.82, 2.24) is 10.6 Å². The van der Waals surface area contributed by atoms with Crippen molar-refractivity contribution < 1.29 is 9.47 Å². The van der Waals surface area contributed by atoms with Gasteiger partial charge in [-0.05, 0) is 44.9 Å². The second-order valence-electron chi connectivity index (χ2n) is 7.68. The maximum absolute atomic E-state index is 6.04. The standard InChI is InChI=1S/C19H36N2O2.ClH/c1-4-19(5-2)17(12-18(19)23-6-3)21-15-9-7-8-14(15)16-13-22-11-10-20-16;/h14-18,20-21H,4-13H2,1-3H3;1H. The van der Waals surface area contributed by atoms with Gasteiger partial charge in [-0.3, -0.25) is 0 Å². The van der Waals surface area contributed by atoms with Crippen LogP contribution in [0.1, 0.15) is 59.3 Å². The second kappa shape index (κ2) is 9.18. The van der Waals surface area contributed by atoms with E-state index in [1.807, 2.05) is 0 Å². The number of hydrogen-bond donors (Lipinski definition) is 2. The number of nitrogens with one attached hydrogen (secondary N) is 2. The largest absolute Gasteiger partial charge is 0.379 e. The lowest BCUT2D eigenvalue weighted by atomic mass is 9.58. The normalized spacial score (nSPS) is 38.4. The highest BCUT2D eigenvalue weighted by molar-refractivity contribution is 5.85. The number of hydrogen-bond acceptors (Lipinski definition) is 4. The second-order valence-corrected chi connectivity index (χ2v) is 7.68. The number of morpholine rings is 1. The molecule has 0 aromatic heterocycles. The van der Waals surface area contributed by atoms with Crippen LogP contribution in [0.4, 0.5) is 0 Å². The van der Waals surface area contributed by atoms with Gasteiger partial charge >= 0.3 is 0 Å². The van der Waals surface area contributed by atoms with Crippen LogP contribution in [0.3, 0.4) is 0 Å². The van der Waals surface area contributed by atoms with E-state index in [9.17, 15) is 0 Å². The number of halogens is 1. The highest BCUT2D eigenvalue weighted by atomic mass is 35.5. The first-order valence-electron chi connectivity index (χ1n) is 9.93. The molecule has 0 spiro atoms. The third-order valence-electron chi connectivity index (χ3n) is 6.92. The molecule has 0 bridgehead atoms. The molecule has 3 rings (SSSR count). The van der Waals surface area contributed by atoms with Crippen LogP contribution in [0.2, 0.25) is 0 Å². The summed E-state index contributed by atoms with van der Waals surface area (Å²) in [6, 6.07) is 1.83. The maximum Gasteiger partial charge on any atom is 0.0660 e. The van der Waals surface area contributed by atoms with Gasteiger partial charge < -0.3 is 20.1 Å². The fourth-order valence-electron chi connectivity index (χ4n) is 5.41. The Morgan fingerprint density at radius 2 is 2.00 bits per heavy atom. The molecule has 0 aromatic rings. The molecule has 3 fully saturated rings. The SMILES string of the molecule is CCOC1CC(NC2CCCC2C2COCCN2)C1(CC)CC.Cl. The van der Waals surface area contributed by atoms with Crippen molar-refractivity contribution >= 4 is 12.4 Å². The van der Waals surface area contributed by atoms with Crippen LogP contribution in [-0.4, -0.2) is 50.6 Å². The summed E-state index contributed by atoms with van der Waals surface area (Å²) in [5.74, 6) is 0.729. The van der Waals surface area contributed by atoms with Crippen molar-refractivity contribution in [3.05, 3.63) is 0 Å². The summed E-state index contributed by atoms with van der Waals surface area (Å²) < 4.78 is 11.8. The summed E-state index contributed by atoms with van der Waals surface area (Å²) in [7, 11) is 0. The molecular weight excluding hydrogens is 324 g/mol. The quantitative estimate of drug-likeness (QED) is 0.732. The van der Waals surface area contributed by atoms with Gasteiger partial charge in [-0.15, -0.1) is 12.4 Å². The molecule has 1 heterocycles. The van der Waals surface area contributed by atoms with Gasteiger partial charge in [0.05, 0.1) is 19.3 Å². The minimum atomic E-state index is 0. The molecule has 2 N–H and O–H groups in total. The van der Waals surface area contributed by atoms with Crippen LogP contribution in [0, 0.1) is 11.3 Å². The van der Waals surface area contributed by atoms with E-state index >= 15 is 0 Å². The predicted octanol–water partition coefficient (Wildman–Crippen LogP) is 3.14. The van der Waals surface area contributed by atoms with Crippen molar-refractivity contribution in [1.29, 1.82) is 0 Å². The minimum Gasteiger partial charge on any atom is -0.379 e. The summed E-state index contributed by atoms with van der Waals surface area (Å²) in [4.78, 5) is 0. The first-order valence-corrected chi connectivity index (χ1v) is 9.93. The molecule has 142 valence electrons. The highest BCUT2D eigenvalue weighted by Crippen LogP contribution is 2.49. The average molecular weight is 361 g/mol. The fourth-order valence-corrected chi connectivity index (χ4v) is 5.41. The molecule has 1 aliphatic heterocycles. The minimum absolute atomic E-state index is 0. The van der Waals surface area contributed by atoms with E-state index < -0.39 is 0 Å². The van der Waals surface area contributed by atoms with Gasteiger partial charge in [-0.2, -0.15) is 0 Å². The van der Waals surface area contributed by atoms with E-state index in [-0.39, 0.29) is 12.4 Å². The zero-order valence-electron chi connectivity index (χ0n) is 15.7. The van der Waals surface area contributed by atoms with Crippen molar-refractivity contribution in [2.24, 2.45) is 11.3 Å². The van der Waals surface area contributed by atoms with Crippen molar-refractivity contribution in [2.75, 3.05) is 26.4 Å². The summed E-state index contributed by atoms with van der Waals surface area (Å²) in [6.07, 6.45) is 8.09. The Balaban J connectivity index is 0.00000208. The molecular formula is C19H37ClN2O2. The van der Waals surface area contributed by atoms with Gasteiger partial charge in [-0.25, -0.2) is 0 Å². The molecule has 3 aliphatic rings. The van der Waals surface area contributed by atoms with Gasteiger partial charge in [0.1, 0.15) is 0 Å². The summed E-state index contributed by atoms with van der Waals surface area (Å²) in [6.45, 7) is 10.4. The molecule has 24 heavy (non-hydrogen) atoms. The fraction of sp³-hybridized carbons (Fsp3) is 1.00.